The van der Waals surface area contributed by atoms with Crippen LogP contribution in [0.2, 0.25) is 0 Å². The van der Waals surface area contributed by atoms with Crippen LogP contribution in [0.5, 0.6) is 0 Å². The Labute approximate surface area is 129 Å². The highest BCUT2D eigenvalue weighted by Crippen LogP contribution is 2.20. The Morgan fingerprint density at radius 2 is 1.43 bits per heavy atom. The Kier molecular flexibility index (Phi) is 9.49. The van der Waals surface area contributed by atoms with Gasteiger partial charge in [-0.05, 0) is 50.8 Å². The van der Waals surface area contributed by atoms with E-state index in [1.807, 2.05) is 0 Å². The normalized spacial score (nSPS) is 12.7. The third-order valence-corrected chi connectivity index (χ3v) is 4.70. The third-order valence-electron chi connectivity index (χ3n) is 3.85. The fourth-order valence-electron chi connectivity index (χ4n) is 1.95. The summed E-state index contributed by atoms with van der Waals surface area (Å²) in [4.78, 5) is 1.52. The van der Waals surface area contributed by atoms with E-state index in [0.29, 0.717) is 5.92 Å². The maximum Gasteiger partial charge on any atom is 0.124 e. The molecule has 0 aromatic heterocycles. The van der Waals surface area contributed by atoms with Gasteiger partial charge in [0.05, 0.1) is 24.5 Å². The van der Waals surface area contributed by atoms with Crippen LogP contribution in [0.25, 0.3) is 0 Å². The minimum Gasteiger partial charge on any atom is -0.744 e. The summed E-state index contributed by atoms with van der Waals surface area (Å²) in [6, 6.07) is 6.12. The van der Waals surface area contributed by atoms with Crippen LogP contribution in [-0.4, -0.2) is 32.6 Å². The highest BCUT2D eigenvalue weighted by Gasteiger charge is 2.04. The fraction of sp³-hybridized carbons (Fsp3) is 0.625. The zero-order valence-corrected chi connectivity index (χ0v) is 14.7. The van der Waals surface area contributed by atoms with E-state index in [4.69, 9.17) is 0 Å². The van der Waals surface area contributed by atoms with E-state index in [-0.39, 0.29) is 4.90 Å². The SMILES string of the molecule is CCC(C)c1ccc(S(=O)(=O)[O-])cc1.CC[NH+](CC)CC. The molecule has 0 aliphatic heterocycles. The van der Waals surface area contributed by atoms with E-state index < -0.39 is 10.1 Å². The van der Waals surface area contributed by atoms with Crippen LogP contribution in [0.4, 0.5) is 0 Å². The van der Waals surface area contributed by atoms with Gasteiger partial charge in [0.25, 0.3) is 0 Å². The predicted molar refractivity (Wildman–Crippen MR) is 85.7 cm³/mol. The van der Waals surface area contributed by atoms with Crippen LogP contribution < -0.4 is 4.90 Å². The predicted octanol–water partition coefficient (Wildman–Crippen LogP) is 2.04. The second-order valence-corrected chi connectivity index (χ2v) is 6.52. The van der Waals surface area contributed by atoms with Crippen LogP contribution in [0.3, 0.4) is 0 Å². The monoisotopic (exact) mass is 315 g/mol. The number of hydrogen-bond donors (Lipinski definition) is 1. The summed E-state index contributed by atoms with van der Waals surface area (Å²) in [6.45, 7) is 14.6. The van der Waals surface area contributed by atoms with E-state index in [9.17, 15) is 13.0 Å². The van der Waals surface area contributed by atoms with Crippen LogP contribution in [-0.2, 0) is 10.1 Å². The van der Waals surface area contributed by atoms with Crippen LogP contribution >= 0.6 is 0 Å². The molecule has 0 amide bonds. The van der Waals surface area contributed by atoms with Crippen LogP contribution in [0.1, 0.15) is 52.5 Å². The lowest BCUT2D eigenvalue weighted by Gasteiger charge is -2.11. The van der Waals surface area contributed by atoms with Gasteiger partial charge in [0.2, 0.25) is 0 Å². The molecule has 4 nitrogen and oxygen atoms in total. The van der Waals surface area contributed by atoms with E-state index in [1.54, 1.807) is 17.0 Å². The number of benzene rings is 1. The molecule has 21 heavy (non-hydrogen) atoms. The molecule has 0 fully saturated rings. The lowest BCUT2D eigenvalue weighted by molar-refractivity contribution is -0.894. The molecule has 1 aromatic carbocycles. The van der Waals surface area contributed by atoms with Crippen molar-refractivity contribution < 1.29 is 17.9 Å². The molecule has 0 aliphatic carbocycles. The Bertz CT molecular complexity index is 473. The van der Waals surface area contributed by atoms with Crippen molar-refractivity contribution in [3.63, 3.8) is 0 Å². The highest BCUT2D eigenvalue weighted by molar-refractivity contribution is 7.85. The number of hydrogen-bond acceptors (Lipinski definition) is 3. The molecule has 1 unspecified atom stereocenters. The first-order valence-electron chi connectivity index (χ1n) is 7.69. The molecule has 5 heteroatoms. The summed E-state index contributed by atoms with van der Waals surface area (Å²) in [5.41, 5.74) is 1.06. The van der Waals surface area contributed by atoms with Gasteiger partial charge < -0.3 is 9.45 Å². The van der Waals surface area contributed by atoms with E-state index >= 15 is 0 Å². The van der Waals surface area contributed by atoms with Gasteiger partial charge in [-0.15, -0.1) is 0 Å². The summed E-state index contributed by atoms with van der Waals surface area (Å²) in [6.07, 6.45) is 0.990. The number of quaternary nitrogens is 1. The third kappa shape index (κ3) is 7.60. The van der Waals surface area contributed by atoms with Gasteiger partial charge in [-0.3, -0.25) is 0 Å². The van der Waals surface area contributed by atoms with Crippen molar-refractivity contribution in [3.05, 3.63) is 29.8 Å². The largest absolute Gasteiger partial charge is 0.744 e. The molecule has 1 rings (SSSR count). The summed E-state index contributed by atoms with van der Waals surface area (Å²) in [7, 11) is -4.30. The second-order valence-electron chi connectivity index (χ2n) is 5.14. The molecular weight excluding hydrogens is 286 g/mol. The fourth-order valence-corrected chi connectivity index (χ4v) is 2.42. The van der Waals surface area contributed by atoms with Gasteiger partial charge in [0, 0.05) is 0 Å². The van der Waals surface area contributed by atoms with Crippen molar-refractivity contribution >= 4 is 10.1 Å². The lowest BCUT2D eigenvalue weighted by Crippen LogP contribution is -3.11. The minimum absolute atomic E-state index is 0.162. The molecule has 0 saturated heterocycles. The van der Waals surface area contributed by atoms with E-state index in [0.717, 1.165) is 12.0 Å². The smallest absolute Gasteiger partial charge is 0.124 e. The number of rotatable bonds is 6. The van der Waals surface area contributed by atoms with Crippen molar-refractivity contribution in [2.75, 3.05) is 19.6 Å². The summed E-state index contributed by atoms with van der Waals surface area (Å²) < 4.78 is 31.9. The van der Waals surface area contributed by atoms with Crippen LogP contribution in [0.15, 0.2) is 29.2 Å². The maximum absolute atomic E-state index is 10.6. The van der Waals surface area contributed by atoms with E-state index in [1.165, 1.54) is 31.8 Å². The minimum atomic E-state index is -4.30. The Morgan fingerprint density at radius 3 is 1.67 bits per heavy atom. The Morgan fingerprint density at radius 1 is 1.00 bits per heavy atom. The molecule has 1 N–H and O–H groups in total. The molecule has 1 atom stereocenters. The second kappa shape index (κ2) is 9.92. The first-order chi connectivity index (χ1) is 9.79. The van der Waals surface area contributed by atoms with Gasteiger partial charge in [-0.25, -0.2) is 8.42 Å². The van der Waals surface area contributed by atoms with Gasteiger partial charge in [0.15, 0.2) is 0 Å². The van der Waals surface area contributed by atoms with Crippen molar-refractivity contribution in [1.29, 1.82) is 0 Å². The van der Waals surface area contributed by atoms with Crippen molar-refractivity contribution in [1.82, 2.24) is 0 Å². The summed E-state index contributed by atoms with van der Waals surface area (Å²) >= 11 is 0. The average Bonchev–Trinajstić information content (AvgIpc) is 2.48. The molecular formula is C16H29NO3S. The zero-order chi connectivity index (χ0) is 16.5. The quantitative estimate of drug-likeness (QED) is 0.817. The van der Waals surface area contributed by atoms with Gasteiger partial charge in [0.1, 0.15) is 10.1 Å². The topological polar surface area (TPSA) is 61.6 Å². The van der Waals surface area contributed by atoms with Gasteiger partial charge >= 0.3 is 0 Å². The first-order valence-corrected chi connectivity index (χ1v) is 9.10. The van der Waals surface area contributed by atoms with Crippen molar-refractivity contribution in [2.24, 2.45) is 0 Å². The van der Waals surface area contributed by atoms with Gasteiger partial charge in [-0.1, -0.05) is 26.0 Å². The zero-order valence-electron chi connectivity index (χ0n) is 13.8. The molecule has 0 spiro atoms. The van der Waals surface area contributed by atoms with Crippen LogP contribution in [0, 0.1) is 0 Å². The molecule has 0 saturated carbocycles. The molecule has 0 heterocycles. The average molecular weight is 315 g/mol. The molecule has 0 radical (unpaired) electrons. The standard InChI is InChI=1S/C10H14O3S.C6H15N/c1-3-8(2)9-4-6-10(7-5-9)14(11,12)13;1-4-7(5-2)6-3/h4-8H,3H2,1-2H3,(H,11,12,13);4-6H2,1-3H3. The molecule has 0 bridgehead atoms. The highest BCUT2D eigenvalue weighted by atomic mass is 32.2. The van der Waals surface area contributed by atoms with Gasteiger partial charge in [-0.2, -0.15) is 0 Å². The Hall–Kier alpha value is -0.910. The van der Waals surface area contributed by atoms with E-state index in [2.05, 4.69) is 34.6 Å². The lowest BCUT2D eigenvalue weighted by atomic mass is 9.99. The van der Waals surface area contributed by atoms with Crippen molar-refractivity contribution in [2.45, 2.75) is 51.9 Å². The Balaban J connectivity index is 0.000000486. The molecule has 122 valence electrons. The molecule has 0 aliphatic rings. The molecule has 1 aromatic rings. The summed E-state index contributed by atoms with van der Waals surface area (Å²) in [5.74, 6) is 0.387. The number of nitrogens with one attached hydrogen (secondary N) is 1. The van der Waals surface area contributed by atoms with Crippen molar-refractivity contribution in [3.8, 4) is 0 Å². The first kappa shape index (κ1) is 20.1. The summed E-state index contributed by atoms with van der Waals surface area (Å²) in [5, 5.41) is 0. The maximum atomic E-state index is 10.6.